The van der Waals surface area contributed by atoms with E-state index in [2.05, 4.69) is 10.3 Å². The number of nitrogens with one attached hydrogen (secondary N) is 1. The van der Waals surface area contributed by atoms with E-state index in [1.165, 1.54) is 32.7 Å². The second kappa shape index (κ2) is 8.83. The predicted molar refractivity (Wildman–Crippen MR) is 107 cm³/mol. The lowest BCUT2D eigenvalue weighted by molar-refractivity contribution is -0.124. The van der Waals surface area contributed by atoms with Gasteiger partial charge < -0.3 is 23.9 Å². The Morgan fingerprint density at radius 1 is 1.17 bits per heavy atom. The van der Waals surface area contributed by atoms with Gasteiger partial charge in [-0.2, -0.15) is 0 Å². The van der Waals surface area contributed by atoms with Crippen molar-refractivity contribution >= 4 is 40.3 Å². The van der Waals surface area contributed by atoms with E-state index in [1.807, 2.05) is 0 Å². The number of amides is 1. The molecule has 0 aliphatic carbocycles. The molecule has 0 spiro atoms. The lowest BCUT2D eigenvalue weighted by atomic mass is 10.2. The van der Waals surface area contributed by atoms with Crippen molar-refractivity contribution in [2.75, 3.05) is 19.5 Å². The summed E-state index contributed by atoms with van der Waals surface area (Å²) >= 11 is 6.13. The number of rotatable bonds is 7. The summed E-state index contributed by atoms with van der Waals surface area (Å²) in [5, 5.41) is 2.98. The smallest absolute Gasteiger partial charge is 0.339 e. The van der Waals surface area contributed by atoms with Crippen molar-refractivity contribution in [3.63, 3.8) is 0 Å². The molecule has 0 bridgehead atoms. The van der Waals surface area contributed by atoms with Gasteiger partial charge in [0, 0.05) is 6.07 Å². The van der Waals surface area contributed by atoms with Gasteiger partial charge in [0.1, 0.15) is 17.0 Å². The Labute approximate surface area is 171 Å². The minimum Gasteiger partial charge on any atom is -0.495 e. The van der Waals surface area contributed by atoms with Crippen LogP contribution in [0.25, 0.3) is 11.1 Å². The summed E-state index contributed by atoms with van der Waals surface area (Å²) in [5.41, 5.74) is 1.66. The Balaban J connectivity index is 1.75. The van der Waals surface area contributed by atoms with Gasteiger partial charge in [0.15, 0.2) is 18.1 Å². The quantitative estimate of drug-likeness (QED) is 0.577. The zero-order chi connectivity index (χ0) is 21.0. The predicted octanol–water partition coefficient (Wildman–Crippen LogP) is 4.07. The largest absolute Gasteiger partial charge is 0.495 e. The van der Waals surface area contributed by atoms with Crippen LogP contribution < -0.4 is 14.8 Å². The number of esters is 1. The minimum atomic E-state index is -1.02. The number of oxazole rings is 1. The van der Waals surface area contributed by atoms with Crippen molar-refractivity contribution < 1.29 is 28.2 Å². The van der Waals surface area contributed by atoms with E-state index in [1.54, 1.807) is 25.1 Å². The third-order valence-corrected chi connectivity index (χ3v) is 4.51. The number of carbonyl (C=O) groups excluding carboxylic acids is 2. The minimum absolute atomic E-state index is 0.255. The van der Waals surface area contributed by atoms with Crippen molar-refractivity contribution in [2.24, 2.45) is 0 Å². The van der Waals surface area contributed by atoms with E-state index in [0.717, 1.165) is 0 Å². The molecule has 9 heteroatoms. The molecule has 1 heterocycles. The number of nitrogens with zero attached hydrogens (tertiary/aromatic N) is 1. The number of anilines is 1. The molecule has 1 aromatic heterocycles. The molecule has 1 atom stereocenters. The summed E-state index contributed by atoms with van der Waals surface area (Å²) in [7, 11) is 2.93. The van der Waals surface area contributed by atoms with Crippen LogP contribution in [0.1, 0.15) is 23.7 Å². The number of hydrogen-bond donors (Lipinski definition) is 1. The summed E-state index contributed by atoms with van der Waals surface area (Å²) in [4.78, 5) is 29.1. The maximum absolute atomic E-state index is 12.7. The average Bonchev–Trinajstić information content (AvgIpc) is 3.19. The van der Waals surface area contributed by atoms with Gasteiger partial charge >= 0.3 is 5.97 Å². The molecule has 0 saturated carbocycles. The molecule has 3 rings (SSSR count). The molecule has 0 saturated heterocycles. The molecule has 2 aromatic carbocycles. The van der Waals surface area contributed by atoms with E-state index in [0.29, 0.717) is 33.3 Å². The van der Waals surface area contributed by atoms with E-state index in [-0.39, 0.29) is 12.0 Å². The normalized spacial score (nSPS) is 11.7. The van der Waals surface area contributed by atoms with Crippen LogP contribution >= 0.6 is 11.6 Å². The first kappa shape index (κ1) is 20.5. The molecule has 0 radical (unpaired) electrons. The lowest BCUT2D eigenvalue weighted by Gasteiger charge is -2.18. The van der Waals surface area contributed by atoms with Gasteiger partial charge in [-0.15, -0.1) is 0 Å². The van der Waals surface area contributed by atoms with Crippen LogP contribution in [0.4, 0.5) is 5.69 Å². The lowest BCUT2D eigenvalue weighted by Crippen LogP contribution is -2.32. The van der Waals surface area contributed by atoms with Crippen LogP contribution in [0, 0.1) is 0 Å². The third kappa shape index (κ3) is 4.43. The van der Waals surface area contributed by atoms with Gasteiger partial charge in [-0.05, 0) is 30.7 Å². The van der Waals surface area contributed by atoms with Crippen LogP contribution in [0.3, 0.4) is 0 Å². The number of ether oxygens (including phenoxy) is 3. The van der Waals surface area contributed by atoms with Crippen LogP contribution in [-0.4, -0.2) is 37.2 Å². The number of halogens is 1. The molecule has 8 nitrogen and oxygen atoms in total. The fraction of sp³-hybridized carbons (Fsp3) is 0.250. The van der Waals surface area contributed by atoms with Crippen molar-refractivity contribution in [3.8, 4) is 11.5 Å². The number of methoxy groups -OCH3 is 2. The summed E-state index contributed by atoms with van der Waals surface area (Å²) in [6.45, 7) is 1.73. The maximum Gasteiger partial charge on any atom is 0.339 e. The first-order chi connectivity index (χ1) is 14.0. The van der Waals surface area contributed by atoms with Crippen molar-refractivity contribution in [2.45, 2.75) is 19.4 Å². The molecular weight excluding hydrogens is 400 g/mol. The number of fused-ring (bicyclic) bond motifs is 1. The van der Waals surface area contributed by atoms with Gasteiger partial charge in [0.05, 0.1) is 30.5 Å². The number of carbonyl (C=O) groups is 2. The number of benzene rings is 2. The fourth-order valence-electron chi connectivity index (χ4n) is 2.67. The maximum atomic E-state index is 12.7. The molecular formula is C20H19ClN2O6. The van der Waals surface area contributed by atoms with E-state index in [9.17, 15) is 9.59 Å². The highest BCUT2D eigenvalue weighted by atomic mass is 35.5. The standard InChI is InChI=1S/C20H19ClN2O6/c1-4-15(29-20(25)11-5-6-13-18(7-11)28-10-22-13)19(24)23-14-8-12(21)16(26-2)9-17(14)27-3/h5-10,15H,4H2,1-3H3,(H,23,24). The Morgan fingerprint density at radius 2 is 1.93 bits per heavy atom. The van der Waals surface area contributed by atoms with Gasteiger partial charge in [-0.1, -0.05) is 18.5 Å². The van der Waals surface area contributed by atoms with Crippen molar-refractivity contribution in [3.05, 3.63) is 47.3 Å². The van der Waals surface area contributed by atoms with Crippen LogP contribution in [-0.2, 0) is 9.53 Å². The van der Waals surface area contributed by atoms with Crippen LogP contribution in [0.2, 0.25) is 5.02 Å². The summed E-state index contributed by atoms with van der Waals surface area (Å²) in [5.74, 6) is -0.398. The first-order valence-corrected chi connectivity index (χ1v) is 9.11. The van der Waals surface area contributed by atoms with Crippen LogP contribution in [0.15, 0.2) is 41.1 Å². The van der Waals surface area contributed by atoms with E-state index in [4.69, 9.17) is 30.2 Å². The topological polar surface area (TPSA) is 99.9 Å². The van der Waals surface area contributed by atoms with Gasteiger partial charge in [-0.3, -0.25) is 4.79 Å². The molecule has 1 amide bonds. The van der Waals surface area contributed by atoms with Gasteiger partial charge in [0.25, 0.3) is 5.91 Å². The Bertz CT molecular complexity index is 1050. The summed E-state index contributed by atoms with van der Waals surface area (Å²) in [6.07, 6.45) is 0.544. The van der Waals surface area contributed by atoms with E-state index < -0.39 is 18.0 Å². The second-order valence-corrected chi connectivity index (χ2v) is 6.42. The van der Waals surface area contributed by atoms with Crippen LogP contribution in [0.5, 0.6) is 11.5 Å². The molecule has 0 fully saturated rings. The molecule has 152 valence electrons. The first-order valence-electron chi connectivity index (χ1n) is 8.73. The van der Waals surface area contributed by atoms with Gasteiger partial charge in [0.2, 0.25) is 0 Å². The van der Waals surface area contributed by atoms with Gasteiger partial charge in [-0.25, -0.2) is 9.78 Å². The molecule has 0 aliphatic heterocycles. The zero-order valence-electron chi connectivity index (χ0n) is 16.0. The average molecular weight is 419 g/mol. The SMILES string of the molecule is CCC(OC(=O)c1ccc2ncoc2c1)C(=O)Nc1cc(Cl)c(OC)cc1OC. The third-order valence-electron chi connectivity index (χ3n) is 4.21. The molecule has 0 aliphatic rings. The molecule has 29 heavy (non-hydrogen) atoms. The molecule has 1 N–H and O–H groups in total. The fourth-order valence-corrected chi connectivity index (χ4v) is 2.91. The Kier molecular flexibility index (Phi) is 6.23. The van der Waals surface area contributed by atoms with E-state index >= 15 is 0 Å². The molecule has 3 aromatic rings. The highest BCUT2D eigenvalue weighted by Gasteiger charge is 2.24. The van der Waals surface area contributed by atoms with Crippen molar-refractivity contribution in [1.29, 1.82) is 0 Å². The molecule has 1 unspecified atom stereocenters. The monoisotopic (exact) mass is 418 g/mol. The zero-order valence-corrected chi connectivity index (χ0v) is 16.8. The number of hydrogen-bond acceptors (Lipinski definition) is 7. The highest BCUT2D eigenvalue weighted by molar-refractivity contribution is 6.32. The Morgan fingerprint density at radius 3 is 2.62 bits per heavy atom. The highest BCUT2D eigenvalue weighted by Crippen LogP contribution is 2.36. The second-order valence-electron chi connectivity index (χ2n) is 6.01. The Hall–Kier alpha value is -3.26. The number of aromatic nitrogens is 1. The van der Waals surface area contributed by atoms with Crippen molar-refractivity contribution in [1.82, 2.24) is 4.98 Å². The summed E-state index contributed by atoms with van der Waals surface area (Å²) in [6, 6.07) is 7.77. The summed E-state index contributed by atoms with van der Waals surface area (Å²) < 4.78 is 21.0.